The SMILES string of the molecule is CC(C)N1CC2C3CCC(N3)C2C1. The van der Waals surface area contributed by atoms with Crippen LogP contribution in [0.1, 0.15) is 26.7 Å². The second-order valence-electron chi connectivity index (χ2n) is 5.33. The highest BCUT2D eigenvalue weighted by atomic mass is 15.2. The van der Waals surface area contributed by atoms with Crippen molar-refractivity contribution in [1.82, 2.24) is 10.2 Å². The first-order chi connectivity index (χ1) is 6.25. The van der Waals surface area contributed by atoms with Crippen LogP contribution in [-0.2, 0) is 0 Å². The van der Waals surface area contributed by atoms with Crippen molar-refractivity contribution in [3.05, 3.63) is 0 Å². The third kappa shape index (κ3) is 1.08. The van der Waals surface area contributed by atoms with Crippen LogP contribution in [0.5, 0.6) is 0 Å². The van der Waals surface area contributed by atoms with E-state index in [0.717, 1.165) is 30.0 Å². The summed E-state index contributed by atoms with van der Waals surface area (Å²) in [5.41, 5.74) is 0. The van der Waals surface area contributed by atoms with Crippen LogP contribution in [0.25, 0.3) is 0 Å². The molecule has 4 unspecified atom stereocenters. The van der Waals surface area contributed by atoms with E-state index in [-0.39, 0.29) is 0 Å². The van der Waals surface area contributed by atoms with Gasteiger partial charge in [0.05, 0.1) is 0 Å². The highest BCUT2D eigenvalue weighted by Crippen LogP contribution is 2.43. The maximum atomic E-state index is 3.76. The van der Waals surface area contributed by atoms with E-state index in [9.17, 15) is 0 Å². The van der Waals surface area contributed by atoms with E-state index < -0.39 is 0 Å². The van der Waals surface area contributed by atoms with E-state index in [0.29, 0.717) is 0 Å². The number of nitrogens with zero attached hydrogens (tertiary/aromatic N) is 1. The molecule has 13 heavy (non-hydrogen) atoms. The molecule has 0 amide bonds. The molecular formula is C11H20N2. The van der Waals surface area contributed by atoms with Gasteiger partial charge in [0, 0.05) is 31.2 Å². The minimum absolute atomic E-state index is 0.755. The molecule has 0 spiro atoms. The molecule has 1 N–H and O–H groups in total. The molecular weight excluding hydrogens is 160 g/mol. The molecule has 2 nitrogen and oxygen atoms in total. The summed E-state index contributed by atoms with van der Waals surface area (Å²) < 4.78 is 0. The Morgan fingerprint density at radius 1 is 1.08 bits per heavy atom. The van der Waals surface area contributed by atoms with E-state index in [1.54, 1.807) is 0 Å². The molecule has 3 heterocycles. The van der Waals surface area contributed by atoms with Gasteiger partial charge in [0.1, 0.15) is 0 Å². The maximum Gasteiger partial charge on any atom is 0.0115 e. The van der Waals surface area contributed by atoms with E-state index in [2.05, 4.69) is 24.1 Å². The van der Waals surface area contributed by atoms with Crippen LogP contribution in [0, 0.1) is 11.8 Å². The lowest BCUT2D eigenvalue weighted by molar-refractivity contribution is 0.249. The van der Waals surface area contributed by atoms with Gasteiger partial charge < -0.3 is 10.2 Å². The molecule has 3 fully saturated rings. The van der Waals surface area contributed by atoms with Crippen molar-refractivity contribution in [2.75, 3.05) is 13.1 Å². The van der Waals surface area contributed by atoms with Gasteiger partial charge in [-0.1, -0.05) is 0 Å². The zero-order chi connectivity index (χ0) is 9.00. The van der Waals surface area contributed by atoms with Gasteiger partial charge in [-0.2, -0.15) is 0 Å². The molecule has 3 aliphatic heterocycles. The largest absolute Gasteiger partial charge is 0.311 e. The summed E-state index contributed by atoms with van der Waals surface area (Å²) in [4.78, 5) is 2.67. The molecule has 4 atom stereocenters. The molecule has 3 rings (SSSR count). The Labute approximate surface area is 80.7 Å². The molecule has 2 heteroatoms. The van der Waals surface area contributed by atoms with Gasteiger partial charge in [0.15, 0.2) is 0 Å². The number of hydrogen-bond donors (Lipinski definition) is 1. The van der Waals surface area contributed by atoms with Crippen molar-refractivity contribution in [2.45, 2.75) is 44.8 Å². The second-order valence-corrected chi connectivity index (χ2v) is 5.33. The summed E-state index contributed by atoms with van der Waals surface area (Å²) in [6, 6.07) is 2.50. The van der Waals surface area contributed by atoms with Gasteiger partial charge in [0.2, 0.25) is 0 Å². The van der Waals surface area contributed by atoms with Crippen molar-refractivity contribution >= 4 is 0 Å². The Morgan fingerprint density at radius 3 is 2.08 bits per heavy atom. The van der Waals surface area contributed by atoms with E-state index in [1.807, 2.05) is 0 Å². The standard InChI is InChI=1S/C11H20N2/c1-7(2)13-5-8-9(6-13)11-4-3-10(8)12-11/h7-12H,3-6H2,1-2H3. The minimum Gasteiger partial charge on any atom is -0.311 e. The highest BCUT2D eigenvalue weighted by molar-refractivity contribution is 5.08. The van der Waals surface area contributed by atoms with Gasteiger partial charge in [-0.3, -0.25) is 0 Å². The van der Waals surface area contributed by atoms with Crippen molar-refractivity contribution in [2.24, 2.45) is 11.8 Å². The third-order valence-corrected chi connectivity index (χ3v) is 4.42. The summed E-state index contributed by atoms with van der Waals surface area (Å²) in [6.45, 7) is 7.37. The average Bonchev–Trinajstić information content (AvgIpc) is 2.76. The molecule has 3 saturated heterocycles. The van der Waals surface area contributed by atoms with E-state index >= 15 is 0 Å². The highest BCUT2D eigenvalue weighted by Gasteiger charge is 2.51. The lowest BCUT2D eigenvalue weighted by Crippen LogP contribution is -2.34. The molecule has 0 aromatic rings. The Hall–Kier alpha value is -0.0800. The van der Waals surface area contributed by atoms with Crippen LogP contribution in [0.2, 0.25) is 0 Å². The van der Waals surface area contributed by atoms with Crippen LogP contribution in [0.4, 0.5) is 0 Å². The van der Waals surface area contributed by atoms with Crippen LogP contribution < -0.4 is 5.32 Å². The first-order valence-electron chi connectivity index (χ1n) is 5.76. The second kappa shape index (κ2) is 2.71. The van der Waals surface area contributed by atoms with Gasteiger partial charge in [-0.25, -0.2) is 0 Å². The summed E-state index contributed by atoms with van der Waals surface area (Å²) in [5, 5.41) is 3.76. The van der Waals surface area contributed by atoms with Crippen molar-refractivity contribution in [1.29, 1.82) is 0 Å². The molecule has 2 bridgehead atoms. The molecule has 0 saturated carbocycles. The summed E-state index contributed by atoms with van der Waals surface area (Å²) >= 11 is 0. The first kappa shape index (κ1) is 8.25. The Bertz CT molecular complexity index is 196. The topological polar surface area (TPSA) is 15.3 Å². The lowest BCUT2D eigenvalue weighted by Gasteiger charge is -2.22. The maximum absolute atomic E-state index is 3.76. The van der Waals surface area contributed by atoms with Crippen LogP contribution >= 0.6 is 0 Å². The molecule has 0 aromatic heterocycles. The van der Waals surface area contributed by atoms with Crippen LogP contribution in [-0.4, -0.2) is 36.1 Å². The van der Waals surface area contributed by atoms with Gasteiger partial charge in [-0.15, -0.1) is 0 Å². The predicted molar refractivity (Wildman–Crippen MR) is 53.6 cm³/mol. The van der Waals surface area contributed by atoms with E-state index in [1.165, 1.54) is 25.9 Å². The Balaban J connectivity index is 1.76. The number of likely N-dealkylation sites (tertiary alicyclic amines) is 1. The van der Waals surface area contributed by atoms with Crippen molar-refractivity contribution in [3.63, 3.8) is 0 Å². The third-order valence-electron chi connectivity index (χ3n) is 4.42. The molecule has 3 aliphatic rings. The van der Waals surface area contributed by atoms with Crippen LogP contribution in [0.15, 0.2) is 0 Å². The predicted octanol–water partition coefficient (Wildman–Crippen LogP) is 1.08. The lowest BCUT2D eigenvalue weighted by atomic mass is 9.82. The normalized spacial score (nSPS) is 49.2. The van der Waals surface area contributed by atoms with Gasteiger partial charge >= 0.3 is 0 Å². The zero-order valence-corrected chi connectivity index (χ0v) is 8.66. The molecule has 0 aromatic carbocycles. The van der Waals surface area contributed by atoms with Gasteiger partial charge in [0.25, 0.3) is 0 Å². The fourth-order valence-corrected chi connectivity index (χ4v) is 3.64. The number of rotatable bonds is 1. The molecule has 74 valence electrons. The quantitative estimate of drug-likeness (QED) is 0.649. The first-order valence-corrected chi connectivity index (χ1v) is 5.76. The van der Waals surface area contributed by atoms with Crippen LogP contribution in [0.3, 0.4) is 0 Å². The molecule has 0 radical (unpaired) electrons. The van der Waals surface area contributed by atoms with Gasteiger partial charge in [-0.05, 0) is 38.5 Å². The summed E-state index contributed by atoms with van der Waals surface area (Å²) in [6.07, 6.45) is 2.88. The Morgan fingerprint density at radius 2 is 1.62 bits per heavy atom. The number of fused-ring (bicyclic) bond motifs is 5. The van der Waals surface area contributed by atoms with E-state index in [4.69, 9.17) is 0 Å². The van der Waals surface area contributed by atoms with Crippen molar-refractivity contribution in [3.8, 4) is 0 Å². The number of nitrogens with one attached hydrogen (secondary N) is 1. The summed E-state index contributed by atoms with van der Waals surface area (Å²) in [5.74, 6) is 1.97. The average molecular weight is 180 g/mol. The fraction of sp³-hybridized carbons (Fsp3) is 1.00. The minimum atomic E-state index is 0.755. The zero-order valence-electron chi connectivity index (χ0n) is 8.66. The van der Waals surface area contributed by atoms with Crippen molar-refractivity contribution < 1.29 is 0 Å². The Kier molecular flexibility index (Phi) is 1.72. The monoisotopic (exact) mass is 180 g/mol. The fourth-order valence-electron chi connectivity index (χ4n) is 3.64. The number of hydrogen-bond acceptors (Lipinski definition) is 2. The summed E-state index contributed by atoms with van der Waals surface area (Å²) in [7, 11) is 0. The molecule has 0 aliphatic carbocycles. The smallest absolute Gasteiger partial charge is 0.0115 e.